The summed E-state index contributed by atoms with van der Waals surface area (Å²) < 4.78 is 5.93. The van der Waals surface area contributed by atoms with Crippen molar-refractivity contribution >= 4 is 11.8 Å². The number of rotatable bonds is 6. The van der Waals surface area contributed by atoms with Gasteiger partial charge in [-0.25, -0.2) is 4.99 Å². The van der Waals surface area contributed by atoms with Crippen LogP contribution in [0.15, 0.2) is 46.9 Å². The Morgan fingerprint density at radius 1 is 1.21 bits per heavy atom. The maximum atomic E-state index is 5.93. The first kappa shape index (κ1) is 19.8. The van der Waals surface area contributed by atoms with E-state index in [9.17, 15) is 0 Å². The highest BCUT2D eigenvalue weighted by Crippen LogP contribution is 2.34. The number of hydrogen-bond donors (Lipinski definition) is 2. The van der Waals surface area contributed by atoms with Gasteiger partial charge in [-0.15, -0.1) is 0 Å². The minimum atomic E-state index is 0.628. The Kier molecular flexibility index (Phi) is 6.38. The van der Waals surface area contributed by atoms with Crippen LogP contribution in [-0.4, -0.2) is 22.3 Å². The molecule has 0 spiro atoms. The predicted octanol–water partition coefficient (Wildman–Crippen LogP) is 6.50. The van der Waals surface area contributed by atoms with Crippen molar-refractivity contribution in [3.8, 4) is 0 Å². The molecule has 1 aliphatic carbocycles. The summed E-state index contributed by atoms with van der Waals surface area (Å²) in [5.41, 5.74) is 6.92. The standard InChI is InChI=1S/C25H33N3O/c1-3-10-18-11-7-5-6-8-12-19-15-20(18)22(27-19)16-24-25(29-4-2)17-23(28-24)21-13-9-14-26-21/h9,13-18,26-27H,3-8,10-12H2,1-2H3. The minimum absolute atomic E-state index is 0.628. The first-order chi connectivity index (χ1) is 14.3. The summed E-state index contributed by atoms with van der Waals surface area (Å²) in [5, 5.41) is 0. The Morgan fingerprint density at radius 3 is 2.90 bits per heavy atom. The topological polar surface area (TPSA) is 53.2 Å². The SMILES string of the molecule is CCCC1CCCCCCc2cc1c(C=C1N=C(c3ccc[nH]3)C=C1OCC)[nH]2. The molecule has 0 saturated heterocycles. The normalized spacial score (nSPS) is 21.2. The van der Waals surface area contributed by atoms with Crippen LogP contribution in [0.1, 0.15) is 87.4 Å². The maximum absolute atomic E-state index is 5.93. The Bertz CT molecular complexity index is 899. The Hall–Kier alpha value is -2.49. The largest absolute Gasteiger partial charge is 0.492 e. The van der Waals surface area contributed by atoms with Crippen LogP contribution in [-0.2, 0) is 11.2 Å². The van der Waals surface area contributed by atoms with E-state index in [1.54, 1.807) is 0 Å². The fourth-order valence-electron chi connectivity index (χ4n) is 4.56. The van der Waals surface area contributed by atoms with E-state index < -0.39 is 0 Å². The first-order valence-electron chi connectivity index (χ1n) is 11.3. The molecule has 4 rings (SSSR count). The summed E-state index contributed by atoms with van der Waals surface area (Å²) in [6, 6.07) is 6.47. The lowest BCUT2D eigenvalue weighted by atomic mass is 9.88. The van der Waals surface area contributed by atoms with Crippen LogP contribution in [0.3, 0.4) is 0 Å². The van der Waals surface area contributed by atoms with Gasteiger partial charge >= 0.3 is 0 Å². The number of fused-ring (bicyclic) bond motifs is 2. The van der Waals surface area contributed by atoms with Gasteiger partial charge in [0.1, 0.15) is 11.5 Å². The molecule has 2 aromatic heterocycles. The Morgan fingerprint density at radius 2 is 2.10 bits per heavy atom. The van der Waals surface area contributed by atoms with Crippen LogP contribution in [0.2, 0.25) is 0 Å². The fraction of sp³-hybridized carbons (Fsp3) is 0.480. The molecule has 29 heavy (non-hydrogen) atoms. The van der Waals surface area contributed by atoms with Crippen molar-refractivity contribution in [2.75, 3.05) is 6.61 Å². The van der Waals surface area contributed by atoms with Gasteiger partial charge in [0.15, 0.2) is 0 Å². The maximum Gasteiger partial charge on any atom is 0.147 e. The highest BCUT2D eigenvalue weighted by atomic mass is 16.5. The van der Waals surface area contributed by atoms with Crippen molar-refractivity contribution in [3.63, 3.8) is 0 Å². The van der Waals surface area contributed by atoms with Crippen LogP contribution >= 0.6 is 0 Å². The molecule has 1 aliphatic heterocycles. The van der Waals surface area contributed by atoms with Crippen molar-refractivity contribution in [3.05, 3.63) is 64.6 Å². The van der Waals surface area contributed by atoms with Gasteiger partial charge in [-0.2, -0.15) is 0 Å². The third-order valence-corrected chi connectivity index (χ3v) is 5.98. The number of aromatic nitrogens is 2. The molecule has 0 aromatic carbocycles. The molecule has 2 bridgehead atoms. The quantitative estimate of drug-likeness (QED) is 0.580. The third kappa shape index (κ3) is 4.58. The lowest BCUT2D eigenvalue weighted by molar-refractivity contribution is 0.239. The van der Waals surface area contributed by atoms with Gasteiger partial charge in [-0.1, -0.05) is 32.6 Å². The molecule has 2 N–H and O–H groups in total. The average Bonchev–Trinajstić information content (AvgIpc) is 3.45. The molecule has 0 radical (unpaired) electrons. The van der Waals surface area contributed by atoms with Gasteiger partial charge < -0.3 is 14.7 Å². The molecule has 1 unspecified atom stereocenters. The summed E-state index contributed by atoms with van der Waals surface area (Å²) in [6.45, 7) is 4.96. The number of nitrogens with one attached hydrogen (secondary N) is 2. The van der Waals surface area contributed by atoms with Crippen LogP contribution in [0.25, 0.3) is 6.08 Å². The number of aromatic amines is 2. The minimum Gasteiger partial charge on any atom is -0.492 e. The molecule has 1 atom stereocenters. The number of allylic oxidation sites excluding steroid dienone is 1. The zero-order valence-corrected chi connectivity index (χ0v) is 17.8. The van der Waals surface area contributed by atoms with Gasteiger partial charge in [0.05, 0.1) is 18.0 Å². The van der Waals surface area contributed by atoms with Crippen molar-refractivity contribution in [2.24, 2.45) is 4.99 Å². The van der Waals surface area contributed by atoms with E-state index in [-0.39, 0.29) is 0 Å². The van der Waals surface area contributed by atoms with Gasteiger partial charge in [0.2, 0.25) is 0 Å². The third-order valence-electron chi connectivity index (χ3n) is 5.98. The second kappa shape index (κ2) is 9.34. The fourth-order valence-corrected chi connectivity index (χ4v) is 4.56. The van der Waals surface area contributed by atoms with Gasteiger partial charge in [0, 0.05) is 23.7 Å². The highest BCUT2D eigenvalue weighted by molar-refractivity contribution is 6.11. The van der Waals surface area contributed by atoms with Crippen molar-refractivity contribution in [1.82, 2.24) is 9.97 Å². The highest BCUT2D eigenvalue weighted by Gasteiger charge is 2.22. The molecule has 4 heteroatoms. The second-order valence-electron chi connectivity index (χ2n) is 8.15. The summed E-state index contributed by atoms with van der Waals surface area (Å²) in [7, 11) is 0. The van der Waals surface area contributed by atoms with E-state index in [1.165, 1.54) is 61.9 Å². The lowest BCUT2D eigenvalue weighted by Crippen LogP contribution is -2.01. The smallest absolute Gasteiger partial charge is 0.147 e. The number of aryl methyl sites for hydroxylation is 1. The van der Waals surface area contributed by atoms with Crippen LogP contribution in [0.4, 0.5) is 0 Å². The van der Waals surface area contributed by atoms with E-state index >= 15 is 0 Å². The molecule has 0 fully saturated rings. The molecule has 0 saturated carbocycles. The van der Waals surface area contributed by atoms with Crippen molar-refractivity contribution < 1.29 is 4.74 Å². The molecule has 154 valence electrons. The van der Waals surface area contributed by atoms with E-state index in [0.717, 1.165) is 29.3 Å². The van der Waals surface area contributed by atoms with Gasteiger partial charge in [0.25, 0.3) is 0 Å². The summed E-state index contributed by atoms with van der Waals surface area (Å²) in [6.07, 6.45) is 16.4. The molecular weight excluding hydrogens is 358 g/mol. The number of H-pyrrole nitrogens is 2. The summed E-state index contributed by atoms with van der Waals surface area (Å²) >= 11 is 0. The molecule has 0 amide bonds. The van der Waals surface area contributed by atoms with Crippen molar-refractivity contribution in [2.45, 2.75) is 71.1 Å². The number of nitrogens with zero attached hydrogens (tertiary/aromatic N) is 1. The Labute approximate surface area is 174 Å². The van der Waals surface area contributed by atoms with E-state index in [2.05, 4.69) is 29.0 Å². The van der Waals surface area contributed by atoms with Gasteiger partial charge in [-0.05, 0) is 68.4 Å². The monoisotopic (exact) mass is 391 g/mol. The summed E-state index contributed by atoms with van der Waals surface area (Å²) in [5.74, 6) is 1.48. The van der Waals surface area contributed by atoms with Gasteiger partial charge in [-0.3, -0.25) is 0 Å². The average molecular weight is 392 g/mol. The van der Waals surface area contributed by atoms with E-state index in [1.807, 2.05) is 31.3 Å². The second-order valence-corrected chi connectivity index (χ2v) is 8.15. The van der Waals surface area contributed by atoms with Crippen LogP contribution in [0.5, 0.6) is 0 Å². The molecular formula is C25H33N3O. The zero-order chi connectivity index (χ0) is 20.1. The number of hydrogen-bond acceptors (Lipinski definition) is 2. The van der Waals surface area contributed by atoms with Crippen LogP contribution in [0, 0.1) is 0 Å². The molecule has 2 aromatic rings. The Balaban J connectivity index is 1.72. The molecule has 3 heterocycles. The van der Waals surface area contributed by atoms with Crippen molar-refractivity contribution in [1.29, 1.82) is 0 Å². The number of ether oxygens (including phenoxy) is 1. The predicted molar refractivity (Wildman–Crippen MR) is 120 cm³/mol. The number of aliphatic imine (C=N–C) groups is 1. The van der Waals surface area contributed by atoms with Crippen LogP contribution < -0.4 is 0 Å². The van der Waals surface area contributed by atoms with E-state index in [0.29, 0.717) is 12.5 Å². The molecule has 4 nitrogen and oxygen atoms in total. The molecule has 2 aliphatic rings. The first-order valence-corrected chi connectivity index (χ1v) is 11.3. The zero-order valence-electron chi connectivity index (χ0n) is 17.8. The lowest BCUT2D eigenvalue weighted by Gasteiger charge is -2.17. The van der Waals surface area contributed by atoms with E-state index in [4.69, 9.17) is 9.73 Å². The summed E-state index contributed by atoms with van der Waals surface area (Å²) in [4.78, 5) is 11.9.